The Balaban J connectivity index is 2.37. The van der Waals surface area contributed by atoms with Gasteiger partial charge in [-0.05, 0) is 24.3 Å². The van der Waals surface area contributed by atoms with E-state index in [1.54, 1.807) is 6.07 Å². The molecule has 1 aromatic heterocycles. The topological polar surface area (TPSA) is 64.0 Å². The highest BCUT2D eigenvalue weighted by Crippen LogP contribution is 2.22. The number of sulfonamides is 1. The monoisotopic (exact) mass is 333 g/mol. The molecule has 1 N–H and O–H groups in total. The van der Waals surface area contributed by atoms with Gasteiger partial charge in [0, 0.05) is 11.5 Å². The lowest BCUT2D eigenvalue weighted by molar-refractivity contribution is 0.580. The quantitative estimate of drug-likeness (QED) is 0.935. The lowest BCUT2D eigenvalue weighted by Gasteiger charge is -2.09. The average molecular weight is 334 g/mol. The van der Waals surface area contributed by atoms with Gasteiger partial charge in [0.15, 0.2) is 5.03 Å². The number of rotatable bonds is 3. The smallest absolute Gasteiger partial charge is 0.275 e. The van der Waals surface area contributed by atoms with E-state index >= 15 is 0 Å². The molecule has 2 rings (SSSR count). The zero-order valence-corrected chi connectivity index (χ0v) is 11.7. The molecule has 0 aliphatic rings. The van der Waals surface area contributed by atoms with Crippen LogP contribution < -0.4 is 4.72 Å². The number of hydrogen-bond acceptors (Lipinski definition) is 3. The molecule has 2 aromatic rings. The Kier molecular flexibility index (Phi) is 3.40. The van der Waals surface area contributed by atoms with E-state index in [1.807, 2.05) is 0 Å². The van der Waals surface area contributed by atoms with Crippen LogP contribution >= 0.6 is 15.9 Å². The molecule has 0 spiro atoms. The number of hydrogen-bond donors (Lipinski definition) is 1. The zero-order chi connectivity index (χ0) is 13.3. The second kappa shape index (κ2) is 4.69. The van der Waals surface area contributed by atoms with Crippen LogP contribution in [0.5, 0.6) is 0 Å². The van der Waals surface area contributed by atoms with Gasteiger partial charge in [-0.1, -0.05) is 15.9 Å². The Labute approximate surface area is 112 Å². The molecule has 0 unspecified atom stereocenters. The van der Waals surface area contributed by atoms with Crippen LogP contribution in [-0.4, -0.2) is 18.2 Å². The maximum absolute atomic E-state index is 13.5. The third-order valence-corrected chi connectivity index (χ3v) is 4.16. The van der Waals surface area contributed by atoms with Crippen LogP contribution in [0.2, 0.25) is 0 Å². The van der Waals surface area contributed by atoms with Gasteiger partial charge in [-0.2, -0.15) is 13.5 Å². The summed E-state index contributed by atoms with van der Waals surface area (Å²) in [6, 6.07) is 5.40. The molecule has 1 heterocycles. The zero-order valence-electron chi connectivity index (χ0n) is 9.26. The molecular formula is C10H9BrFN3O2S. The number of nitrogens with one attached hydrogen (secondary N) is 1. The minimum Gasteiger partial charge on any atom is -0.275 e. The van der Waals surface area contributed by atoms with Crippen LogP contribution in [-0.2, 0) is 17.1 Å². The maximum atomic E-state index is 13.5. The van der Waals surface area contributed by atoms with Crippen molar-refractivity contribution in [1.82, 2.24) is 9.78 Å². The van der Waals surface area contributed by atoms with Crippen molar-refractivity contribution in [3.63, 3.8) is 0 Å². The van der Waals surface area contributed by atoms with Crippen LogP contribution in [0.4, 0.5) is 10.1 Å². The molecule has 96 valence electrons. The van der Waals surface area contributed by atoms with Crippen molar-refractivity contribution in [2.45, 2.75) is 5.03 Å². The second-order valence-electron chi connectivity index (χ2n) is 3.52. The number of benzene rings is 1. The van der Waals surface area contributed by atoms with Gasteiger partial charge in [-0.15, -0.1) is 0 Å². The Morgan fingerprint density at radius 3 is 2.67 bits per heavy atom. The molecule has 8 heteroatoms. The number of halogens is 2. The van der Waals surface area contributed by atoms with Crippen LogP contribution in [0.3, 0.4) is 0 Å². The van der Waals surface area contributed by atoms with Crippen LogP contribution in [0.15, 0.2) is 40.0 Å². The Morgan fingerprint density at radius 1 is 1.39 bits per heavy atom. The molecular weight excluding hydrogens is 325 g/mol. The molecule has 0 bridgehead atoms. The molecule has 0 saturated heterocycles. The van der Waals surface area contributed by atoms with Gasteiger partial charge in [0.1, 0.15) is 5.82 Å². The van der Waals surface area contributed by atoms with Crippen molar-refractivity contribution < 1.29 is 12.8 Å². The van der Waals surface area contributed by atoms with Crippen molar-refractivity contribution in [1.29, 1.82) is 0 Å². The predicted octanol–water partition coefficient (Wildman–Crippen LogP) is 2.12. The first-order valence-corrected chi connectivity index (χ1v) is 7.13. The third-order valence-electron chi connectivity index (χ3n) is 2.23. The van der Waals surface area contributed by atoms with Crippen molar-refractivity contribution in [3.8, 4) is 0 Å². The predicted molar refractivity (Wildman–Crippen MR) is 68.1 cm³/mol. The van der Waals surface area contributed by atoms with E-state index < -0.39 is 15.8 Å². The summed E-state index contributed by atoms with van der Waals surface area (Å²) in [7, 11) is -2.35. The molecule has 1 aromatic carbocycles. The van der Waals surface area contributed by atoms with Crippen molar-refractivity contribution in [2.24, 2.45) is 7.05 Å². The molecule has 0 aliphatic heterocycles. The van der Waals surface area contributed by atoms with Gasteiger partial charge in [0.2, 0.25) is 0 Å². The third kappa shape index (κ3) is 2.54. The van der Waals surface area contributed by atoms with E-state index in [-0.39, 0.29) is 10.7 Å². The normalized spacial score (nSPS) is 11.5. The number of aryl methyl sites for hydroxylation is 1. The Bertz CT molecular complexity index is 684. The largest absolute Gasteiger partial charge is 0.279 e. The summed E-state index contributed by atoms with van der Waals surface area (Å²) in [5.74, 6) is -0.657. The standard InChI is InChI=1S/C10H9BrFN3O2S/c1-15-10(4-5-13-15)18(16,17)14-9-3-2-7(11)6-8(9)12/h2-6,14H,1H3. The highest BCUT2D eigenvalue weighted by atomic mass is 79.9. The van der Waals surface area contributed by atoms with E-state index in [0.717, 1.165) is 0 Å². The summed E-state index contributed by atoms with van der Waals surface area (Å²) in [6.45, 7) is 0. The van der Waals surface area contributed by atoms with Crippen LogP contribution in [0, 0.1) is 5.82 Å². The SMILES string of the molecule is Cn1nccc1S(=O)(=O)Nc1ccc(Br)cc1F. The van der Waals surface area contributed by atoms with Gasteiger partial charge >= 0.3 is 0 Å². The van der Waals surface area contributed by atoms with Gasteiger partial charge < -0.3 is 0 Å². The summed E-state index contributed by atoms with van der Waals surface area (Å²) in [5.41, 5.74) is -0.112. The fraction of sp³-hybridized carbons (Fsp3) is 0.100. The minimum atomic E-state index is -3.84. The van der Waals surface area contributed by atoms with Gasteiger partial charge in [0.25, 0.3) is 10.0 Å². The van der Waals surface area contributed by atoms with Gasteiger partial charge in [-0.3, -0.25) is 9.40 Å². The molecule has 0 aliphatic carbocycles. The minimum absolute atomic E-state index is 0.0372. The van der Waals surface area contributed by atoms with Crippen molar-refractivity contribution >= 4 is 31.6 Å². The van der Waals surface area contributed by atoms with Crippen LogP contribution in [0.1, 0.15) is 0 Å². The lowest BCUT2D eigenvalue weighted by Crippen LogP contribution is -2.17. The molecule has 5 nitrogen and oxygen atoms in total. The molecule has 0 saturated carbocycles. The highest BCUT2D eigenvalue weighted by molar-refractivity contribution is 9.10. The van der Waals surface area contributed by atoms with Crippen LogP contribution in [0.25, 0.3) is 0 Å². The average Bonchev–Trinajstić information content (AvgIpc) is 2.69. The van der Waals surface area contributed by atoms with Gasteiger partial charge in [0.05, 0.1) is 11.9 Å². The molecule has 0 atom stereocenters. The summed E-state index contributed by atoms with van der Waals surface area (Å²) in [4.78, 5) is 0. The molecule has 0 amide bonds. The fourth-order valence-corrected chi connectivity index (χ4v) is 2.92. The molecule has 0 fully saturated rings. The van der Waals surface area contributed by atoms with E-state index in [1.165, 1.54) is 36.1 Å². The van der Waals surface area contributed by atoms with E-state index in [2.05, 4.69) is 25.8 Å². The number of nitrogens with zero attached hydrogens (tertiary/aromatic N) is 2. The highest BCUT2D eigenvalue weighted by Gasteiger charge is 2.19. The first-order valence-electron chi connectivity index (χ1n) is 4.86. The first-order chi connectivity index (χ1) is 8.40. The first kappa shape index (κ1) is 13.0. The molecule has 0 radical (unpaired) electrons. The maximum Gasteiger partial charge on any atom is 0.279 e. The Hall–Kier alpha value is -1.41. The van der Waals surface area contributed by atoms with E-state index in [9.17, 15) is 12.8 Å². The number of anilines is 1. The van der Waals surface area contributed by atoms with E-state index in [0.29, 0.717) is 4.47 Å². The molecule has 18 heavy (non-hydrogen) atoms. The number of aromatic nitrogens is 2. The summed E-state index contributed by atoms with van der Waals surface area (Å²) in [5, 5.41) is 3.72. The van der Waals surface area contributed by atoms with E-state index in [4.69, 9.17) is 0 Å². The van der Waals surface area contributed by atoms with Crippen molar-refractivity contribution in [3.05, 3.63) is 40.8 Å². The second-order valence-corrected chi connectivity index (χ2v) is 6.07. The summed E-state index contributed by atoms with van der Waals surface area (Å²) in [6.07, 6.45) is 1.35. The summed E-state index contributed by atoms with van der Waals surface area (Å²) < 4.78 is 41.4. The fourth-order valence-electron chi connectivity index (χ4n) is 1.39. The lowest BCUT2D eigenvalue weighted by atomic mass is 10.3. The Morgan fingerprint density at radius 2 is 2.11 bits per heavy atom. The van der Waals surface area contributed by atoms with Crippen molar-refractivity contribution in [2.75, 3.05) is 4.72 Å². The summed E-state index contributed by atoms with van der Waals surface area (Å²) >= 11 is 3.09. The van der Waals surface area contributed by atoms with Gasteiger partial charge in [-0.25, -0.2) is 4.39 Å².